The van der Waals surface area contributed by atoms with Crippen molar-refractivity contribution in [2.45, 2.75) is 18.4 Å². The van der Waals surface area contributed by atoms with Gasteiger partial charge in [0.2, 0.25) is 5.91 Å². The number of aliphatic hydroxyl groups excluding tert-OH is 1. The van der Waals surface area contributed by atoms with E-state index in [1.54, 1.807) is 0 Å². The van der Waals surface area contributed by atoms with Gasteiger partial charge in [0, 0.05) is 0 Å². The molecule has 3 N–H and O–H groups in total. The Labute approximate surface area is 98.1 Å². The number of hydrogen-bond donors (Lipinski definition) is 3. The van der Waals surface area contributed by atoms with Crippen molar-refractivity contribution in [1.29, 1.82) is 0 Å². The minimum atomic E-state index is -1.55. The van der Waals surface area contributed by atoms with Crippen molar-refractivity contribution in [3.8, 4) is 0 Å². The number of aliphatic hydroxyl groups is 1. The van der Waals surface area contributed by atoms with Crippen LogP contribution in [0, 0.1) is 0 Å². The fraction of sp³-hybridized carbons (Fsp3) is 0.333. The second kappa shape index (κ2) is 4.55. The standard InChI is InChI=1S/C12H13NO4/c14-10(12(16)17)6-13-11(15)9-5-7-3-1-2-4-8(7)9/h1-4,9-10,14H,5-6H2,(H,13,15)(H,16,17)/t9?,10-/m0/s1. The van der Waals surface area contributed by atoms with Gasteiger partial charge in [0.15, 0.2) is 6.10 Å². The molecule has 1 aliphatic rings. The molecule has 1 aliphatic carbocycles. The van der Waals surface area contributed by atoms with E-state index in [1.165, 1.54) is 0 Å². The second-order valence-electron chi connectivity index (χ2n) is 4.05. The summed E-state index contributed by atoms with van der Waals surface area (Å²) in [6.07, 6.45) is -0.875. The molecule has 2 rings (SSSR count). The molecule has 5 heteroatoms. The number of rotatable bonds is 4. The van der Waals surface area contributed by atoms with Gasteiger partial charge in [-0.1, -0.05) is 24.3 Å². The smallest absolute Gasteiger partial charge is 0.334 e. The molecule has 0 saturated carbocycles. The number of hydrogen-bond acceptors (Lipinski definition) is 3. The molecule has 0 aliphatic heterocycles. The number of benzene rings is 1. The van der Waals surface area contributed by atoms with Crippen molar-refractivity contribution >= 4 is 11.9 Å². The SMILES string of the molecule is O=C(NC[C@H](O)C(=O)O)C1Cc2ccccc21. The van der Waals surface area contributed by atoms with Gasteiger partial charge in [0.05, 0.1) is 12.5 Å². The van der Waals surface area contributed by atoms with Crippen LogP contribution in [-0.4, -0.2) is 34.7 Å². The van der Waals surface area contributed by atoms with E-state index in [1.807, 2.05) is 24.3 Å². The van der Waals surface area contributed by atoms with Gasteiger partial charge in [-0.3, -0.25) is 4.79 Å². The van der Waals surface area contributed by atoms with Gasteiger partial charge in [-0.05, 0) is 17.5 Å². The Balaban J connectivity index is 1.90. The molecule has 0 bridgehead atoms. The van der Waals surface area contributed by atoms with Gasteiger partial charge in [-0.2, -0.15) is 0 Å². The maximum atomic E-state index is 11.7. The van der Waals surface area contributed by atoms with Gasteiger partial charge in [-0.25, -0.2) is 4.79 Å². The van der Waals surface area contributed by atoms with E-state index in [0.29, 0.717) is 6.42 Å². The normalized spacial score (nSPS) is 18.8. The summed E-state index contributed by atoms with van der Waals surface area (Å²) in [6, 6.07) is 7.63. The molecular formula is C12H13NO4. The van der Waals surface area contributed by atoms with Crippen LogP contribution in [0.4, 0.5) is 0 Å². The lowest BCUT2D eigenvalue weighted by atomic mass is 9.77. The largest absolute Gasteiger partial charge is 0.479 e. The zero-order valence-corrected chi connectivity index (χ0v) is 9.09. The minimum absolute atomic E-state index is 0.216. The van der Waals surface area contributed by atoms with Crippen molar-refractivity contribution in [3.63, 3.8) is 0 Å². The average molecular weight is 235 g/mol. The molecule has 17 heavy (non-hydrogen) atoms. The van der Waals surface area contributed by atoms with Gasteiger partial charge in [0.1, 0.15) is 0 Å². The lowest BCUT2D eigenvalue weighted by Gasteiger charge is -2.29. The van der Waals surface area contributed by atoms with E-state index in [-0.39, 0.29) is 18.4 Å². The van der Waals surface area contributed by atoms with Crippen molar-refractivity contribution in [2.24, 2.45) is 0 Å². The molecule has 0 radical (unpaired) electrons. The molecule has 0 aromatic heterocycles. The van der Waals surface area contributed by atoms with Crippen LogP contribution in [0.3, 0.4) is 0 Å². The van der Waals surface area contributed by atoms with Crippen molar-refractivity contribution in [1.82, 2.24) is 5.32 Å². The molecule has 1 aromatic rings. The first-order valence-corrected chi connectivity index (χ1v) is 5.36. The number of carboxylic acid groups (broad SMARTS) is 1. The van der Waals surface area contributed by atoms with E-state index < -0.39 is 12.1 Å². The molecule has 1 aromatic carbocycles. The maximum absolute atomic E-state index is 11.7. The number of amides is 1. The van der Waals surface area contributed by atoms with E-state index in [9.17, 15) is 9.59 Å². The van der Waals surface area contributed by atoms with Crippen molar-refractivity contribution in [3.05, 3.63) is 35.4 Å². The van der Waals surface area contributed by atoms with Crippen LogP contribution in [-0.2, 0) is 16.0 Å². The number of nitrogens with one attached hydrogen (secondary N) is 1. The van der Waals surface area contributed by atoms with E-state index in [0.717, 1.165) is 11.1 Å². The maximum Gasteiger partial charge on any atom is 0.334 e. The van der Waals surface area contributed by atoms with Crippen LogP contribution in [0.25, 0.3) is 0 Å². The fourth-order valence-corrected chi connectivity index (χ4v) is 1.90. The molecule has 0 heterocycles. The summed E-state index contributed by atoms with van der Waals surface area (Å²) in [7, 11) is 0. The predicted molar refractivity (Wildman–Crippen MR) is 59.5 cm³/mol. The summed E-state index contributed by atoms with van der Waals surface area (Å²) < 4.78 is 0. The average Bonchev–Trinajstić information content (AvgIpc) is 2.27. The Hall–Kier alpha value is -1.88. The van der Waals surface area contributed by atoms with Gasteiger partial charge < -0.3 is 15.5 Å². The molecule has 5 nitrogen and oxygen atoms in total. The fourth-order valence-electron chi connectivity index (χ4n) is 1.90. The summed E-state index contributed by atoms with van der Waals surface area (Å²) in [5.41, 5.74) is 2.13. The summed E-state index contributed by atoms with van der Waals surface area (Å²) >= 11 is 0. The molecule has 1 unspecified atom stereocenters. The highest BCUT2D eigenvalue weighted by atomic mass is 16.4. The lowest BCUT2D eigenvalue weighted by molar-refractivity contribution is -0.146. The summed E-state index contributed by atoms with van der Waals surface area (Å²) in [5, 5.41) is 19.9. The number of carbonyl (C=O) groups is 2. The third kappa shape index (κ3) is 2.29. The highest BCUT2D eigenvalue weighted by Crippen LogP contribution is 2.34. The summed E-state index contributed by atoms with van der Waals surface area (Å²) in [6.45, 7) is -0.257. The number of carbonyl (C=O) groups excluding carboxylic acids is 1. The molecule has 0 fully saturated rings. The number of aliphatic carboxylic acids is 1. The third-order valence-electron chi connectivity index (χ3n) is 2.93. The van der Waals surface area contributed by atoms with E-state index >= 15 is 0 Å². The van der Waals surface area contributed by atoms with Crippen molar-refractivity contribution < 1.29 is 19.8 Å². The number of carboxylic acids is 1. The Kier molecular flexibility index (Phi) is 3.10. The molecule has 90 valence electrons. The Morgan fingerprint density at radius 1 is 1.41 bits per heavy atom. The van der Waals surface area contributed by atoms with Crippen LogP contribution in [0.2, 0.25) is 0 Å². The molecule has 1 amide bonds. The lowest BCUT2D eigenvalue weighted by Crippen LogP contribution is -2.41. The van der Waals surface area contributed by atoms with E-state index in [2.05, 4.69) is 5.32 Å². The van der Waals surface area contributed by atoms with Gasteiger partial charge in [0.25, 0.3) is 0 Å². The summed E-state index contributed by atoms with van der Waals surface area (Å²) in [4.78, 5) is 22.1. The topological polar surface area (TPSA) is 86.6 Å². The van der Waals surface area contributed by atoms with Crippen LogP contribution in [0.5, 0.6) is 0 Å². The highest BCUT2D eigenvalue weighted by Gasteiger charge is 2.31. The first kappa shape index (κ1) is 11.6. The molecule has 2 atom stereocenters. The van der Waals surface area contributed by atoms with Crippen LogP contribution in [0.15, 0.2) is 24.3 Å². The zero-order valence-electron chi connectivity index (χ0n) is 9.09. The molecule has 0 spiro atoms. The van der Waals surface area contributed by atoms with Crippen LogP contribution >= 0.6 is 0 Å². The first-order valence-electron chi connectivity index (χ1n) is 5.36. The number of fused-ring (bicyclic) bond motifs is 1. The van der Waals surface area contributed by atoms with Crippen molar-refractivity contribution in [2.75, 3.05) is 6.54 Å². The predicted octanol–water partition coefficient (Wildman–Crippen LogP) is -0.112. The van der Waals surface area contributed by atoms with Gasteiger partial charge >= 0.3 is 5.97 Å². The van der Waals surface area contributed by atoms with Crippen LogP contribution in [0.1, 0.15) is 17.0 Å². The minimum Gasteiger partial charge on any atom is -0.479 e. The highest BCUT2D eigenvalue weighted by molar-refractivity contribution is 5.87. The molecule has 0 saturated heterocycles. The summed E-state index contributed by atoms with van der Waals surface area (Å²) in [5.74, 6) is -1.78. The van der Waals surface area contributed by atoms with Gasteiger partial charge in [-0.15, -0.1) is 0 Å². The third-order valence-corrected chi connectivity index (χ3v) is 2.93. The first-order chi connectivity index (χ1) is 8.09. The second-order valence-corrected chi connectivity index (χ2v) is 4.05. The Morgan fingerprint density at radius 3 is 2.76 bits per heavy atom. The monoisotopic (exact) mass is 235 g/mol. The van der Waals surface area contributed by atoms with Crippen LogP contribution < -0.4 is 5.32 Å². The zero-order chi connectivity index (χ0) is 12.4. The van der Waals surface area contributed by atoms with E-state index in [4.69, 9.17) is 10.2 Å². The quantitative estimate of drug-likeness (QED) is 0.679. The molecular weight excluding hydrogens is 222 g/mol. The Bertz CT molecular complexity index is 458. The Morgan fingerprint density at radius 2 is 2.12 bits per heavy atom.